The van der Waals surface area contributed by atoms with Crippen molar-refractivity contribution in [2.45, 2.75) is 18.9 Å². The quantitative estimate of drug-likeness (QED) is 0.408. The lowest BCUT2D eigenvalue weighted by Gasteiger charge is -2.12. The summed E-state index contributed by atoms with van der Waals surface area (Å²) in [5, 5.41) is 0. The van der Waals surface area contributed by atoms with Crippen molar-refractivity contribution < 1.29 is 23.7 Å². The van der Waals surface area contributed by atoms with Crippen LogP contribution in [0.15, 0.2) is 0 Å². The standard InChI is InChI=1S/C11H23NO5/c1-14-4-3-5-16-6-7-17-11(13)8-10(9-12)15-2/h10H,3-9,12H2,1-2H3. The van der Waals surface area contributed by atoms with Crippen LogP contribution in [0, 0.1) is 0 Å². The first kappa shape index (κ1) is 16.3. The number of rotatable bonds is 11. The van der Waals surface area contributed by atoms with Gasteiger partial charge in [0.1, 0.15) is 6.61 Å². The van der Waals surface area contributed by atoms with Crippen molar-refractivity contribution in [3.05, 3.63) is 0 Å². The van der Waals surface area contributed by atoms with Gasteiger partial charge in [-0.3, -0.25) is 4.79 Å². The fourth-order valence-corrected chi connectivity index (χ4v) is 1.13. The second kappa shape index (κ2) is 11.8. The first-order valence-corrected chi connectivity index (χ1v) is 5.69. The minimum atomic E-state index is -0.317. The number of esters is 1. The van der Waals surface area contributed by atoms with Gasteiger partial charge in [0.2, 0.25) is 0 Å². The van der Waals surface area contributed by atoms with E-state index in [0.717, 1.165) is 6.42 Å². The van der Waals surface area contributed by atoms with Crippen LogP contribution < -0.4 is 5.73 Å². The van der Waals surface area contributed by atoms with Crippen LogP contribution in [0.1, 0.15) is 12.8 Å². The predicted octanol–water partition coefficient (Wildman–Crippen LogP) is -0.0535. The largest absolute Gasteiger partial charge is 0.463 e. The van der Waals surface area contributed by atoms with Crippen molar-refractivity contribution in [3.63, 3.8) is 0 Å². The number of carbonyl (C=O) groups excluding carboxylic acids is 1. The summed E-state index contributed by atoms with van der Waals surface area (Å²) in [7, 11) is 3.16. The van der Waals surface area contributed by atoms with Gasteiger partial charge in [-0.2, -0.15) is 0 Å². The topological polar surface area (TPSA) is 80.0 Å². The van der Waals surface area contributed by atoms with Crippen LogP contribution in [0.2, 0.25) is 0 Å². The molecule has 0 aliphatic carbocycles. The molecule has 0 radical (unpaired) electrons. The first-order valence-electron chi connectivity index (χ1n) is 5.69. The van der Waals surface area contributed by atoms with Crippen LogP contribution in [-0.2, 0) is 23.7 Å². The molecule has 0 aromatic heterocycles. The van der Waals surface area contributed by atoms with Crippen LogP contribution in [0.3, 0.4) is 0 Å². The zero-order valence-corrected chi connectivity index (χ0v) is 10.6. The number of methoxy groups -OCH3 is 2. The second-order valence-corrected chi connectivity index (χ2v) is 3.48. The molecular formula is C11H23NO5. The zero-order chi connectivity index (χ0) is 12.9. The monoisotopic (exact) mass is 249 g/mol. The number of hydrogen-bond donors (Lipinski definition) is 1. The van der Waals surface area contributed by atoms with Gasteiger partial charge < -0.3 is 24.7 Å². The SMILES string of the molecule is COCCCOCCOC(=O)CC(CN)OC. The molecule has 2 N–H and O–H groups in total. The average Bonchev–Trinajstić information content (AvgIpc) is 2.34. The molecule has 6 nitrogen and oxygen atoms in total. The molecule has 0 aromatic rings. The Bertz CT molecular complexity index is 185. The molecule has 17 heavy (non-hydrogen) atoms. The van der Waals surface area contributed by atoms with Gasteiger partial charge in [-0.05, 0) is 6.42 Å². The summed E-state index contributed by atoms with van der Waals surface area (Å²) >= 11 is 0. The Morgan fingerprint density at radius 1 is 1.18 bits per heavy atom. The minimum absolute atomic E-state index is 0.177. The molecule has 0 amide bonds. The van der Waals surface area contributed by atoms with Crippen molar-refractivity contribution in [1.82, 2.24) is 0 Å². The molecule has 0 aliphatic heterocycles. The van der Waals surface area contributed by atoms with Gasteiger partial charge in [-0.15, -0.1) is 0 Å². The number of hydrogen-bond acceptors (Lipinski definition) is 6. The van der Waals surface area contributed by atoms with Crippen molar-refractivity contribution in [2.24, 2.45) is 5.73 Å². The van der Waals surface area contributed by atoms with Gasteiger partial charge in [0.05, 0.1) is 19.1 Å². The van der Waals surface area contributed by atoms with Gasteiger partial charge in [0, 0.05) is 34.0 Å². The van der Waals surface area contributed by atoms with Gasteiger partial charge in [-0.1, -0.05) is 0 Å². The molecule has 0 spiro atoms. The predicted molar refractivity (Wildman–Crippen MR) is 62.7 cm³/mol. The summed E-state index contributed by atoms with van der Waals surface area (Å²) in [5.41, 5.74) is 5.39. The van der Waals surface area contributed by atoms with Crippen LogP contribution in [0.4, 0.5) is 0 Å². The van der Waals surface area contributed by atoms with E-state index in [1.807, 2.05) is 0 Å². The molecule has 0 aromatic carbocycles. The average molecular weight is 249 g/mol. The Hall–Kier alpha value is -0.690. The molecule has 0 saturated carbocycles. The first-order chi connectivity index (χ1) is 8.24. The zero-order valence-electron chi connectivity index (χ0n) is 10.6. The van der Waals surface area contributed by atoms with E-state index >= 15 is 0 Å². The van der Waals surface area contributed by atoms with Crippen molar-refractivity contribution in [2.75, 3.05) is 47.2 Å². The lowest BCUT2D eigenvalue weighted by atomic mass is 10.2. The summed E-state index contributed by atoms with van der Waals surface area (Å²) < 4.78 is 20.0. The van der Waals surface area contributed by atoms with Crippen molar-refractivity contribution in [1.29, 1.82) is 0 Å². The summed E-state index contributed by atoms with van der Waals surface area (Å²) in [6, 6.07) is 0. The fourth-order valence-electron chi connectivity index (χ4n) is 1.13. The Balaban J connectivity index is 3.33. The highest BCUT2D eigenvalue weighted by Gasteiger charge is 2.12. The summed E-state index contributed by atoms with van der Waals surface area (Å²) in [4.78, 5) is 11.3. The number of nitrogens with two attached hydrogens (primary N) is 1. The van der Waals surface area contributed by atoms with E-state index in [1.54, 1.807) is 7.11 Å². The van der Waals surface area contributed by atoms with E-state index in [9.17, 15) is 4.79 Å². The maximum atomic E-state index is 11.3. The third kappa shape index (κ3) is 10.2. The number of carbonyl (C=O) groups is 1. The van der Waals surface area contributed by atoms with E-state index in [-0.39, 0.29) is 25.1 Å². The molecule has 0 saturated heterocycles. The molecule has 1 atom stereocenters. The van der Waals surface area contributed by atoms with Gasteiger partial charge in [0.25, 0.3) is 0 Å². The van der Waals surface area contributed by atoms with Crippen molar-refractivity contribution >= 4 is 5.97 Å². The molecule has 0 bridgehead atoms. The molecule has 1 unspecified atom stereocenters. The van der Waals surface area contributed by atoms with E-state index < -0.39 is 0 Å². The van der Waals surface area contributed by atoms with Crippen LogP contribution in [0.25, 0.3) is 0 Å². The molecule has 0 heterocycles. The lowest BCUT2D eigenvalue weighted by Crippen LogP contribution is -2.26. The fraction of sp³-hybridized carbons (Fsp3) is 0.909. The maximum Gasteiger partial charge on any atom is 0.308 e. The molecule has 0 rings (SSSR count). The van der Waals surface area contributed by atoms with E-state index in [0.29, 0.717) is 26.4 Å². The minimum Gasteiger partial charge on any atom is -0.463 e. The summed E-state index contributed by atoms with van der Waals surface area (Å²) in [5.74, 6) is -0.317. The maximum absolute atomic E-state index is 11.3. The van der Waals surface area contributed by atoms with E-state index in [4.69, 9.17) is 24.7 Å². The van der Waals surface area contributed by atoms with Crippen LogP contribution in [0.5, 0.6) is 0 Å². The highest BCUT2D eigenvalue weighted by Crippen LogP contribution is 1.97. The van der Waals surface area contributed by atoms with Gasteiger partial charge >= 0.3 is 5.97 Å². The lowest BCUT2D eigenvalue weighted by molar-refractivity contribution is -0.147. The molecule has 0 fully saturated rings. The van der Waals surface area contributed by atoms with E-state index in [2.05, 4.69) is 0 Å². The second-order valence-electron chi connectivity index (χ2n) is 3.48. The Morgan fingerprint density at radius 3 is 2.53 bits per heavy atom. The molecule has 6 heteroatoms. The van der Waals surface area contributed by atoms with Gasteiger partial charge in [-0.25, -0.2) is 0 Å². The summed E-state index contributed by atoms with van der Waals surface area (Å²) in [6.45, 7) is 2.24. The molecule has 0 aliphatic rings. The van der Waals surface area contributed by atoms with E-state index in [1.165, 1.54) is 7.11 Å². The smallest absolute Gasteiger partial charge is 0.308 e. The normalized spacial score (nSPS) is 12.4. The third-order valence-electron chi connectivity index (χ3n) is 2.12. The number of ether oxygens (including phenoxy) is 4. The molecule has 102 valence electrons. The Kier molecular flexibility index (Phi) is 11.3. The third-order valence-corrected chi connectivity index (χ3v) is 2.12. The van der Waals surface area contributed by atoms with Crippen molar-refractivity contribution in [3.8, 4) is 0 Å². The van der Waals surface area contributed by atoms with Crippen LogP contribution in [-0.4, -0.2) is 59.3 Å². The molecular weight excluding hydrogens is 226 g/mol. The Labute approximate surface area is 102 Å². The highest BCUT2D eigenvalue weighted by molar-refractivity contribution is 5.69. The van der Waals surface area contributed by atoms with Crippen LogP contribution >= 0.6 is 0 Å². The summed E-state index contributed by atoms with van der Waals surface area (Å²) in [6.07, 6.45) is 0.741. The highest BCUT2D eigenvalue weighted by atomic mass is 16.6. The Morgan fingerprint density at radius 2 is 1.94 bits per heavy atom. The van der Waals surface area contributed by atoms with Gasteiger partial charge in [0.15, 0.2) is 0 Å².